The molecular weight excluding hydrogens is 378 g/mol. The summed E-state index contributed by atoms with van der Waals surface area (Å²) in [6.07, 6.45) is 5.77. The fraction of sp³-hybridized carbons (Fsp3) is 0.261. The first-order valence-electron chi connectivity index (χ1n) is 10.1. The van der Waals surface area contributed by atoms with E-state index in [0.717, 1.165) is 30.2 Å². The van der Waals surface area contributed by atoms with Crippen molar-refractivity contribution in [3.8, 4) is 11.6 Å². The summed E-state index contributed by atoms with van der Waals surface area (Å²) < 4.78 is 5.70. The zero-order valence-electron chi connectivity index (χ0n) is 17.0. The lowest BCUT2D eigenvalue weighted by Crippen LogP contribution is -2.28. The van der Waals surface area contributed by atoms with Crippen LogP contribution in [-0.2, 0) is 6.54 Å². The monoisotopic (exact) mass is 403 g/mol. The Balaban J connectivity index is 1.27. The van der Waals surface area contributed by atoms with Gasteiger partial charge in [-0.1, -0.05) is 17.7 Å². The minimum Gasteiger partial charge on any atom is -0.439 e. The average Bonchev–Trinajstić information content (AvgIpc) is 3.31. The Morgan fingerprint density at radius 3 is 2.60 bits per heavy atom. The molecule has 0 radical (unpaired) electrons. The zero-order chi connectivity index (χ0) is 20.8. The van der Waals surface area contributed by atoms with Crippen molar-refractivity contribution in [1.29, 1.82) is 0 Å². The van der Waals surface area contributed by atoms with Crippen LogP contribution in [-0.4, -0.2) is 29.1 Å². The van der Waals surface area contributed by atoms with Crippen LogP contribution < -0.4 is 20.3 Å². The van der Waals surface area contributed by atoms with Gasteiger partial charge in [0.15, 0.2) is 0 Å². The fourth-order valence-corrected chi connectivity index (χ4v) is 3.29. The number of aromatic nitrogens is 2. The fourth-order valence-electron chi connectivity index (χ4n) is 3.29. The van der Waals surface area contributed by atoms with Crippen LogP contribution in [0.5, 0.6) is 11.6 Å². The standard InChI is InChI=1S/C23H25N5O2/c1-17-4-7-20(8-5-17)30-22-9-6-19(16-25-22)27-23(29)26-15-18-10-11-24-21(14-18)28-12-2-3-13-28/h4-11,14,16H,2-3,12-13,15H2,1H3,(H2,26,27,29). The van der Waals surface area contributed by atoms with Crippen LogP contribution in [0.25, 0.3) is 0 Å². The van der Waals surface area contributed by atoms with Crippen LogP contribution in [0.2, 0.25) is 0 Å². The minimum atomic E-state index is -0.288. The van der Waals surface area contributed by atoms with Gasteiger partial charge in [0.2, 0.25) is 5.88 Å². The smallest absolute Gasteiger partial charge is 0.319 e. The van der Waals surface area contributed by atoms with Gasteiger partial charge in [0.05, 0.1) is 11.9 Å². The molecular formula is C23H25N5O2. The second kappa shape index (κ2) is 9.26. The Hall–Kier alpha value is -3.61. The molecule has 7 nitrogen and oxygen atoms in total. The van der Waals surface area contributed by atoms with E-state index >= 15 is 0 Å². The van der Waals surface area contributed by atoms with Gasteiger partial charge in [-0.2, -0.15) is 0 Å². The minimum absolute atomic E-state index is 0.288. The summed E-state index contributed by atoms with van der Waals surface area (Å²) in [5, 5.41) is 5.66. The molecule has 0 unspecified atom stereocenters. The number of hydrogen-bond acceptors (Lipinski definition) is 5. The highest BCUT2D eigenvalue weighted by Crippen LogP contribution is 2.21. The molecule has 0 saturated carbocycles. The first-order chi connectivity index (χ1) is 14.7. The maximum absolute atomic E-state index is 12.2. The maximum atomic E-state index is 12.2. The van der Waals surface area contributed by atoms with Gasteiger partial charge in [-0.15, -0.1) is 0 Å². The molecule has 2 N–H and O–H groups in total. The summed E-state index contributed by atoms with van der Waals surface area (Å²) in [7, 11) is 0. The van der Waals surface area contributed by atoms with Gasteiger partial charge < -0.3 is 20.3 Å². The Labute approximate surface area is 176 Å². The van der Waals surface area contributed by atoms with Crippen LogP contribution in [0.4, 0.5) is 16.3 Å². The summed E-state index contributed by atoms with van der Waals surface area (Å²) >= 11 is 0. The van der Waals surface area contributed by atoms with Crippen molar-refractivity contribution in [3.63, 3.8) is 0 Å². The topological polar surface area (TPSA) is 79.4 Å². The number of pyridine rings is 2. The Kier molecular flexibility index (Phi) is 6.08. The molecule has 2 amide bonds. The SMILES string of the molecule is Cc1ccc(Oc2ccc(NC(=O)NCc3ccnc(N4CCCC4)c3)cn2)cc1. The van der Waals surface area contributed by atoms with Gasteiger partial charge in [-0.3, -0.25) is 0 Å². The van der Waals surface area contributed by atoms with E-state index in [4.69, 9.17) is 4.74 Å². The van der Waals surface area contributed by atoms with Gasteiger partial charge in [-0.05, 0) is 55.7 Å². The number of benzene rings is 1. The highest BCUT2D eigenvalue weighted by molar-refractivity contribution is 5.89. The number of anilines is 2. The number of urea groups is 1. The number of hydrogen-bond donors (Lipinski definition) is 2. The number of amides is 2. The van der Waals surface area contributed by atoms with Crippen LogP contribution in [0, 0.1) is 6.92 Å². The predicted molar refractivity (Wildman–Crippen MR) is 117 cm³/mol. The molecule has 1 saturated heterocycles. The predicted octanol–water partition coefficient (Wildman–Crippen LogP) is 4.50. The van der Waals surface area contributed by atoms with E-state index in [1.54, 1.807) is 24.5 Å². The van der Waals surface area contributed by atoms with Gasteiger partial charge in [0, 0.05) is 31.9 Å². The van der Waals surface area contributed by atoms with Crippen molar-refractivity contribution in [2.24, 2.45) is 0 Å². The second-order valence-corrected chi connectivity index (χ2v) is 7.32. The number of rotatable bonds is 6. The summed E-state index contributed by atoms with van der Waals surface area (Å²) in [6, 6.07) is 14.9. The highest BCUT2D eigenvalue weighted by Gasteiger charge is 2.13. The van der Waals surface area contributed by atoms with Gasteiger partial charge >= 0.3 is 6.03 Å². The molecule has 0 spiro atoms. The van der Waals surface area contributed by atoms with Gasteiger partial charge in [0.1, 0.15) is 11.6 Å². The van der Waals surface area contributed by atoms with Crippen LogP contribution in [0.15, 0.2) is 60.9 Å². The van der Waals surface area contributed by atoms with Crippen molar-refractivity contribution < 1.29 is 9.53 Å². The lowest BCUT2D eigenvalue weighted by Gasteiger charge is -2.17. The molecule has 3 heterocycles. The largest absolute Gasteiger partial charge is 0.439 e. The molecule has 7 heteroatoms. The van der Waals surface area contributed by atoms with E-state index in [9.17, 15) is 4.79 Å². The summed E-state index contributed by atoms with van der Waals surface area (Å²) in [5.74, 6) is 2.16. The first kappa shape index (κ1) is 19.7. The van der Waals surface area contributed by atoms with Gasteiger partial charge in [-0.25, -0.2) is 14.8 Å². The van der Waals surface area contributed by atoms with Crippen LogP contribution >= 0.6 is 0 Å². The normalized spacial score (nSPS) is 13.2. The molecule has 0 atom stereocenters. The Bertz CT molecular complexity index is 983. The van der Waals surface area contributed by atoms with Crippen molar-refractivity contribution in [3.05, 3.63) is 72.1 Å². The average molecular weight is 403 g/mol. The highest BCUT2D eigenvalue weighted by atomic mass is 16.5. The Morgan fingerprint density at radius 2 is 1.87 bits per heavy atom. The lowest BCUT2D eigenvalue weighted by molar-refractivity contribution is 0.251. The molecule has 1 aliphatic heterocycles. The van der Waals surface area contributed by atoms with Crippen molar-refractivity contribution >= 4 is 17.5 Å². The Morgan fingerprint density at radius 1 is 1.07 bits per heavy atom. The summed E-state index contributed by atoms with van der Waals surface area (Å²) in [6.45, 7) is 4.54. The molecule has 3 aromatic rings. The molecule has 154 valence electrons. The third-order valence-electron chi connectivity index (χ3n) is 4.93. The van der Waals surface area contributed by atoms with Gasteiger partial charge in [0.25, 0.3) is 0 Å². The molecule has 4 rings (SSSR count). The number of ether oxygens (including phenoxy) is 1. The molecule has 1 fully saturated rings. The van der Waals surface area contributed by atoms with E-state index < -0.39 is 0 Å². The molecule has 2 aromatic heterocycles. The molecule has 0 aliphatic carbocycles. The number of nitrogens with one attached hydrogen (secondary N) is 2. The van der Waals surface area contributed by atoms with Crippen LogP contribution in [0.3, 0.4) is 0 Å². The number of nitrogens with zero attached hydrogens (tertiary/aromatic N) is 3. The van der Waals surface area contributed by atoms with E-state index in [-0.39, 0.29) is 6.03 Å². The van der Waals surface area contributed by atoms with E-state index in [1.807, 2.05) is 43.3 Å². The van der Waals surface area contributed by atoms with E-state index in [1.165, 1.54) is 18.4 Å². The molecule has 1 aromatic carbocycles. The third-order valence-corrected chi connectivity index (χ3v) is 4.93. The summed E-state index contributed by atoms with van der Waals surface area (Å²) in [5.41, 5.74) is 2.78. The summed E-state index contributed by atoms with van der Waals surface area (Å²) in [4.78, 5) is 23.2. The molecule has 1 aliphatic rings. The van der Waals surface area contributed by atoms with Crippen molar-refractivity contribution in [1.82, 2.24) is 15.3 Å². The third kappa shape index (κ3) is 5.26. The number of aryl methyl sites for hydroxylation is 1. The van der Waals surface area contributed by atoms with E-state index in [2.05, 4.69) is 25.5 Å². The van der Waals surface area contributed by atoms with Crippen LogP contribution in [0.1, 0.15) is 24.0 Å². The maximum Gasteiger partial charge on any atom is 0.319 e. The first-order valence-corrected chi connectivity index (χ1v) is 10.1. The zero-order valence-corrected chi connectivity index (χ0v) is 17.0. The van der Waals surface area contributed by atoms with E-state index in [0.29, 0.717) is 18.1 Å². The molecule has 30 heavy (non-hydrogen) atoms. The number of carbonyl (C=O) groups excluding carboxylic acids is 1. The van der Waals surface area contributed by atoms with Crippen molar-refractivity contribution in [2.75, 3.05) is 23.3 Å². The molecule has 0 bridgehead atoms. The van der Waals surface area contributed by atoms with Crippen molar-refractivity contribution in [2.45, 2.75) is 26.3 Å². The second-order valence-electron chi connectivity index (χ2n) is 7.32. The quantitative estimate of drug-likeness (QED) is 0.634. The lowest BCUT2D eigenvalue weighted by atomic mass is 10.2. The number of carbonyl (C=O) groups is 1.